The van der Waals surface area contributed by atoms with E-state index >= 15 is 0 Å². The maximum Gasteiger partial charge on any atom is 0.411 e. The van der Waals surface area contributed by atoms with Crippen LogP contribution in [0.4, 0.5) is 10.5 Å². The molecule has 1 saturated heterocycles. The average molecular weight is 389 g/mol. The lowest BCUT2D eigenvalue weighted by molar-refractivity contribution is 0.0327. The first-order valence-corrected chi connectivity index (χ1v) is 11.2. The Morgan fingerprint density at radius 3 is 2.79 bits per heavy atom. The molecule has 5 nitrogen and oxygen atoms in total. The molecule has 1 aromatic rings. The van der Waals surface area contributed by atoms with E-state index in [2.05, 4.69) is 17.1 Å². The molecule has 156 valence electrons. The quantitative estimate of drug-likeness (QED) is 0.571. The van der Waals surface area contributed by atoms with E-state index in [0.717, 1.165) is 43.7 Å². The molecular formula is C23H36N2O3. The van der Waals surface area contributed by atoms with Crippen molar-refractivity contribution in [3.8, 4) is 5.75 Å². The summed E-state index contributed by atoms with van der Waals surface area (Å²) in [5.74, 6) is 1.25. The number of hydrogen-bond donors (Lipinski definition) is 1. The van der Waals surface area contributed by atoms with Gasteiger partial charge in [0.25, 0.3) is 0 Å². The second-order valence-electron chi connectivity index (χ2n) is 8.20. The van der Waals surface area contributed by atoms with Gasteiger partial charge in [0, 0.05) is 24.2 Å². The molecule has 1 saturated carbocycles. The van der Waals surface area contributed by atoms with E-state index in [0.29, 0.717) is 12.5 Å². The van der Waals surface area contributed by atoms with Gasteiger partial charge in [-0.15, -0.1) is 0 Å². The van der Waals surface area contributed by atoms with Crippen molar-refractivity contribution in [3.05, 3.63) is 24.3 Å². The van der Waals surface area contributed by atoms with E-state index in [4.69, 9.17) is 9.47 Å². The summed E-state index contributed by atoms with van der Waals surface area (Å²) in [6.45, 7) is 6.35. The van der Waals surface area contributed by atoms with Gasteiger partial charge < -0.3 is 14.4 Å². The summed E-state index contributed by atoms with van der Waals surface area (Å²) >= 11 is 0. The van der Waals surface area contributed by atoms with Crippen LogP contribution < -0.4 is 10.1 Å². The van der Waals surface area contributed by atoms with Gasteiger partial charge in [0.15, 0.2) is 0 Å². The summed E-state index contributed by atoms with van der Waals surface area (Å²) in [7, 11) is 0. The highest BCUT2D eigenvalue weighted by molar-refractivity contribution is 5.85. The zero-order valence-corrected chi connectivity index (χ0v) is 17.3. The number of carbonyl (C=O) groups is 1. The van der Waals surface area contributed by atoms with Crippen molar-refractivity contribution >= 4 is 11.8 Å². The second kappa shape index (κ2) is 11.3. The molecule has 1 aliphatic heterocycles. The van der Waals surface area contributed by atoms with Crippen molar-refractivity contribution in [1.82, 2.24) is 4.90 Å². The summed E-state index contributed by atoms with van der Waals surface area (Å²) < 4.78 is 11.6. The minimum Gasteiger partial charge on any atom is -0.494 e. The zero-order valence-electron chi connectivity index (χ0n) is 17.3. The number of benzene rings is 1. The van der Waals surface area contributed by atoms with Gasteiger partial charge in [-0.2, -0.15) is 0 Å². The minimum atomic E-state index is -0.346. The molecule has 2 aliphatic rings. The van der Waals surface area contributed by atoms with E-state index in [-0.39, 0.29) is 12.2 Å². The van der Waals surface area contributed by atoms with Crippen LogP contribution in [0.2, 0.25) is 0 Å². The first kappa shape index (κ1) is 21.0. The first-order valence-electron chi connectivity index (χ1n) is 11.2. The van der Waals surface area contributed by atoms with Crippen LogP contribution in [0, 0.1) is 5.92 Å². The average Bonchev–Trinajstić information content (AvgIpc) is 3.20. The number of amides is 1. The van der Waals surface area contributed by atoms with Crippen LogP contribution in [0.3, 0.4) is 0 Å². The number of nitrogens with zero attached hydrogens (tertiary/aromatic N) is 1. The molecule has 1 aliphatic carbocycles. The fourth-order valence-corrected chi connectivity index (χ4v) is 4.33. The summed E-state index contributed by atoms with van der Waals surface area (Å²) in [6, 6.07) is 7.58. The molecule has 28 heavy (non-hydrogen) atoms. The molecule has 0 radical (unpaired) electrons. The van der Waals surface area contributed by atoms with Crippen molar-refractivity contribution in [3.63, 3.8) is 0 Å². The monoisotopic (exact) mass is 388 g/mol. The van der Waals surface area contributed by atoms with E-state index in [1.54, 1.807) is 0 Å². The molecule has 2 fully saturated rings. The van der Waals surface area contributed by atoms with Crippen molar-refractivity contribution < 1.29 is 14.3 Å². The molecule has 0 spiro atoms. The lowest BCUT2D eigenvalue weighted by Gasteiger charge is -2.33. The Labute approximate surface area is 169 Å². The number of hydrogen-bond acceptors (Lipinski definition) is 4. The first-order chi connectivity index (χ1) is 13.7. The number of carbonyl (C=O) groups excluding carboxylic acids is 1. The van der Waals surface area contributed by atoms with Gasteiger partial charge in [-0.05, 0) is 63.7 Å². The van der Waals surface area contributed by atoms with Crippen LogP contribution >= 0.6 is 0 Å². The SMILES string of the molecule is CCCCCOc1cccc(NC(=O)O[C@H]2CCCC[C@H]2CN2CCCC2)c1. The molecule has 5 heteroatoms. The van der Waals surface area contributed by atoms with E-state index in [1.807, 2.05) is 24.3 Å². The number of unbranched alkanes of at least 4 members (excludes halogenated alkanes) is 2. The van der Waals surface area contributed by atoms with Crippen LogP contribution in [0.25, 0.3) is 0 Å². The van der Waals surface area contributed by atoms with Crippen molar-refractivity contribution in [2.24, 2.45) is 5.92 Å². The number of rotatable bonds is 9. The molecule has 1 heterocycles. The minimum absolute atomic E-state index is 0.0304. The molecule has 0 unspecified atom stereocenters. The zero-order chi connectivity index (χ0) is 19.6. The van der Waals surface area contributed by atoms with Crippen molar-refractivity contribution in [2.45, 2.75) is 70.8 Å². The highest BCUT2D eigenvalue weighted by Gasteiger charge is 2.30. The van der Waals surface area contributed by atoms with Crippen LogP contribution in [0.5, 0.6) is 5.75 Å². The summed E-state index contributed by atoms with van der Waals surface area (Å²) in [6.07, 6.45) is 10.2. The summed E-state index contributed by atoms with van der Waals surface area (Å²) in [5.41, 5.74) is 0.727. The topological polar surface area (TPSA) is 50.8 Å². The highest BCUT2D eigenvalue weighted by Crippen LogP contribution is 2.29. The van der Waals surface area contributed by atoms with Gasteiger partial charge in [0.05, 0.1) is 6.61 Å². The standard InChI is InChI=1S/C23H36N2O3/c1-2-3-8-16-27-21-12-9-11-20(17-21)24-23(26)28-22-13-5-4-10-19(22)18-25-14-6-7-15-25/h9,11-12,17,19,22H,2-8,10,13-16,18H2,1H3,(H,24,26)/t19-,22-/m0/s1. The molecule has 1 aromatic carbocycles. The normalized spacial score (nSPS) is 22.8. The predicted octanol–water partition coefficient (Wildman–Crippen LogP) is 5.46. The van der Waals surface area contributed by atoms with Gasteiger partial charge in [-0.3, -0.25) is 5.32 Å². The number of anilines is 1. The Kier molecular flexibility index (Phi) is 8.46. The van der Waals surface area contributed by atoms with Gasteiger partial charge in [0.2, 0.25) is 0 Å². The number of nitrogens with one attached hydrogen (secondary N) is 1. The molecule has 0 bridgehead atoms. The fourth-order valence-electron chi connectivity index (χ4n) is 4.33. The summed E-state index contributed by atoms with van der Waals surface area (Å²) in [5, 5.41) is 2.89. The van der Waals surface area contributed by atoms with Crippen molar-refractivity contribution in [2.75, 3.05) is 31.6 Å². The van der Waals surface area contributed by atoms with Gasteiger partial charge in [0.1, 0.15) is 11.9 Å². The molecule has 1 N–H and O–H groups in total. The maximum absolute atomic E-state index is 12.5. The Morgan fingerprint density at radius 1 is 1.14 bits per heavy atom. The summed E-state index contributed by atoms with van der Waals surface area (Å²) in [4.78, 5) is 15.0. The number of likely N-dealkylation sites (tertiary alicyclic amines) is 1. The van der Waals surface area contributed by atoms with Crippen molar-refractivity contribution in [1.29, 1.82) is 0 Å². The molecule has 2 atom stereocenters. The third-order valence-corrected chi connectivity index (χ3v) is 5.89. The fraction of sp³-hybridized carbons (Fsp3) is 0.696. The van der Waals surface area contributed by atoms with E-state index in [1.165, 1.54) is 45.2 Å². The Balaban J connectivity index is 1.48. The van der Waals surface area contributed by atoms with Crippen LogP contribution in [0.15, 0.2) is 24.3 Å². The third-order valence-electron chi connectivity index (χ3n) is 5.89. The van der Waals surface area contributed by atoms with Crippen LogP contribution in [-0.2, 0) is 4.74 Å². The Morgan fingerprint density at radius 2 is 1.96 bits per heavy atom. The van der Waals surface area contributed by atoms with E-state index in [9.17, 15) is 4.79 Å². The third kappa shape index (κ3) is 6.69. The predicted molar refractivity (Wildman–Crippen MR) is 113 cm³/mol. The second-order valence-corrected chi connectivity index (χ2v) is 8.20. The Hall–Kier alpha value is -1.75. The highest BCUT2D eigenvalue weighted by atomic mass is 16.6. The van der Waals surface area contributed by atoms with Crippen LogP contribution in [0.1, 0.15) is 64.7 Å². The van der Waals surface area contributed by atoms with Crippen LogP contribution in [-0.4, -0.2) is 43.3 Å². The maximum atomic E-state index is 12.5. The largest absolute Gasteiger partial charge is 0.494 e. The molecule has 3 rings (SSSR count). The lowest BCUT2D eigenvalue weighted by atomic mass is 9.86. The van der Waals surface area contributed by atoms with E-state index < -0.39 is 0 Å². The van der Waals surface area contributed by atoms with Gasteiger partial charge in [-0.25, -0.2) is 4.79 Å². The van der Waals surface area contributed by atoms with Gasteiger partial charge in [-0.1, -0.05) is 32.3 Å². The number of ether oxygens (including phenoxy) is 2. The molecular weight excluding hydrogens is 352 g/mol. The van der Waals surface area contributed by atoms with Gasteiger partial charge >= 0.3 is 6.09 Å². The lowest BCUT2D eigenvalue weighted by Crippen LogP contribution is -2.38. The Bertz CT molecular complexity index is 601. The molecule has 1 amide bonds. The smallest absolute Gasteiger partial charge is 0.411 e. The molecule has 0 aromatic heterocycles.